The quantitative estimate of drug-likeness (QED) is 0.549. The maximum atomic E-state index is 11.7. The molecule has 1 amide bonds. The summed E-state index contributed by atoms with van der Waals surface area (Å²) in [6.45, 7) is 2.89. The van der Waals surface area contributed by atoms with Gasteiger partial charge in [-0.25, -0.2) is 4.79 Å². The highest BCUT2D eigenvalue weighted by Gasteiger charge is 2.25. The zero-order valence-corrected chi connectivity index (χ0v) is 10.3. The molecule has 0 heterocycles. The number of carboxylic acid groups (broad SMARTS) is 1. The molecule has 0 aliphatic heterocycles. The maximum absolute atomic E-state index is 11.7. The lowest BCUT2D eigenvalue weighted by Crippen LogP contribution is -2.45. The van der Waals surface area contributed by atoms with E-state index in [0.29, 0.717) is 0 Å². The van der Waals surface area contributed by atoms with Gasteiger partial charge in [0.2, 0.25) is 5.91 Å². The lowest BCUT2D eigenvalue weighted by Gasteiger charge is -2.17. The third-order valence-corrected chi connectivity index (χ3v) is 2.27. The standard InChI is InChI=1S/C11H13N3O5/c1-11(2,12)10(17)13-7-4-3-6(9(15)16)5-8(7)14(18)19/h3-5H,12H2,1-2H3,(H,13,17)(H,15,16). The molecule has 8 heteroatoms. The van der Waals surface area contributed by atoms with E-state index in [0.717, 1.165) is 18.2 Å². The molecular weight excluding hydrogens is 254 g/mol. The van der Waals surface area contributed by atoms with Crippen LogP contribution >= 0.6 is 0 Å². The topological polar surface area (TPSA) is 136 Å². The van der Waals surface area contributed by atoms with Crippen LogP contribution in [0.1, 0.15) is 24.2 Å². The summed E-state index contributed by atoms with van der Waals surface area (Å²) in [4.78, 5) is 32.5. The van der Waals surface area contributed by atoms with Gasteiger partial charge in [-0.2, -0.15) is 0 Å². The molecular formula is C11H13N3O5. The van der Waals surface area contributed by atoms with E-state index in [9.17, 15) is 19.7 Å². The van der Waals surface area contributed by atoms with Crippen LogP contribution in [0.4, 0.5) is 11.4 Å². The minimum absolute atomic E-state index is 0.0986. The molecule has 0 bridgehead atoms. The number of nitro benzene ring substituents is 1. The summed E-state index contributed by atoms with van der Waals surface area (Å²) >= 11 is 0. The zero-order chi connectivity index (χ0) is 14.8. The predicted octanol–water partition coefficient (Wildman–Crippen LogP) is 0.969. The largest absolute Gasteiger partial charge is 0.478 e. The Labute approximate surface area is 108 Å². The average molecular weight is 267 g/mol. The van der Waals surface area contributed by atoms with Crippen LogP contribution in [0.25, 0.3) is 0 Å². The number of nitrogens with two attached hydrogens (primary N) is 1. The minimum Gasteiger partial charge on any atom is -0.478 e. The number of aromatic carboxylic acids is 1. The van der Waals surface area contributed by atoms with Gasteiger partial charge >= 0.3 is 5.97 Å². The molecule has 0 aliphatic carbocycles. The van der Waals surface area contributed by atoms with Crippen LogP contribution in [0, 0.1) is 10.1 Å². The van der Waals surface area contributed by atoms with Crippen LogP contribution in [0.5, 0.6) is 0 Å². The number of benzene rings is 1. The van der Waals surface area contributed by atoms with E-state index < -0.39 is 28.0 Å². The van der Waals surface area contributed by atoms with E-state index in [-0.39, 0.29) is 11.3 Å². The van der Waals surface area contributed by atoms with Gasteiger partial charge in [-0.15, -0.1) is 0 Å². The minimum atomic E-state index is -1.29. The Kier molecular flexibility index (Phi) is 3.86. The van der Waals surface area contributed by atoms with Gasteiger partial charge in [0, 0.05) is 6.07 Å². The van der Waals surface area contributed by atoms with Crippen LogP contribution < -0.4 is 11.1 Å². The molecule has 0 atom stereocenters. The molecule has 0 saturated heterocycles. The van der Waals surface area contributed by atoms with E-state index in [1.54, 1.807) is 0 Å². The number of rotatable bonds is 4. The monoisotopic (exact) mass is 267 g/mol. The molecule has 102 valence electrons. The fraction of sp³-hybridized carbons (Fsp3) is 0.273. The first-order valence-electron chi connectivity index (χ1n) is 5.25. The molecule has 1 aromatic carbocycles. The molecule has 1 aromatic rings. The molecule has 0 fully saturated rings. The van der Waals surface area contributed by atoms with Gasteiger partial charge in [0.05, 0.1) is 16.0 Å². The highest BCUT2D eigenvalue weighted by Crippen LogP contribution is 2.26. The fourth-order valence-corrected chi connectivity index (χ4v) is 1.20. The Morgan fingerprint density at radius 2 is 2.00 bits per heavy atom. The molecule has 0 radical (unpaired) electrons. The van der Waals surface area contributed by atoms with Crippen molar-refractivity contribution in [2.75, 3.05) is 5.32 Å². The van der Waals surface area contributed by atoms with Crippen molar-refractivity contribution in [1.29, 1.82) is 0 Å². The van der Waals surface area contributed by atoms with Crippen LogP contribution in [-0.2, 0) is 4.79 Å². The summed E-state index contributed by atoms with van der Waals surface area (Å²) in [6, 6.07) is 3.20. The van der Waals surface area contributed by atoms with Crippen molar-refractivity contribution in [2.24, 2.45) is 5.73 Å². The van der Waals surface area contributed by atoms with Crippen molar-refractivity contribution in [3.05, 3.63) is 33.9 Å². The van der Waals surface area contributed by atoms with Crippen molar-refractivity contribution in [3.63, 3.8) is 0 Å². The number of anilines is 1. The van der Waals surface area contributed by atoms with Gasteiger partial charge in [0.1, 0.15) is 5.69 Å². The number of nitrogens with one attached hydrogen (secondary N) is 1. The van der Waals surface area contributed by atoms with Crippen LogP contribution in [0.2, 0.25) is 0 Å². The first-order chi connectivity index (χ1) is 8.62. The van der Waals surface area contributed by atoms with E-state index in [2.05, 4.69) is 5.32 Å². The van der Waals surface area contributed by atoms with Crippen LogP contribution in [-0.4, -0.2) is 27.4 Å². The normalized spacial score (nSPS) is 10.9. The van der Waals surface area contributed by atoms with Gasteiger partial charge in [-0.1, -0.05) is 0 Å². The Morgan fingerprint density at radius 3 is 2.42 bits per heavy atom. The van der Waals surface area contributed by atoms with Gasteiger partial charge in [0.15, 0.2) is 0 Å². The first kappa shape index (κ1) is 14.6. The van der Waals surface area contributed by atoms with Gasteiger partial charge < -0.3 is 16.2 Å². The van der Waals surface area contributed by atoms with Gasteiger partial charge in [0.25, 0.3) is 5.69 Å². The van der Waals surface area contributed by atoms with Crippen molar-refractivity contribution < 1.29 is 19.6 Å². The van der Waals surface area contributed by atoms with E-state index >= 15 is 0 Å². The lowest BCUT2D eigenvalue weighted by atomic mass is 10.1. The molecule has 19 heavy (non-hydrogen) atoms. The lowest BCUT2D eigenvalue weighted by molar-refractivity contribution is -0.384. The first-order valence-corrected chi connectivity index (χ1v) is 5.25. The molecule has 0 aliphatic rings. The summed E-state index contributed by atoms with van der Waals surface area (Å²) < 4.78 is 0. The number of hydrogen-bond acceptors (Lipinski definition) is 5. The SMILES string of the molecule is CC(C)(N)C(=O)Nc1ccc(C(=O)O)cc1[N+](=O)[O-]. The van der Waals surface area contributed by atoms with Crippen molar-refractivity contribution in [3.8, 4) is 0 Å². The second-order valence-electron chi connectivity index (χ2n) is 4.47. The molecule has 4 N–H and O–H groups in total. The smallest absolute Gasteiger partial charge is 0.335 e. The average Bonchev–Trinajstić information content (AvgIpc) is 2.27. The van der Waals surface area contributed by atoms with Gasteiger partial charge in [-0.3, -0.25) is 14.9 Å². The Bertz CT molecular complexity index is 548. The summed E-state index contributed by atoms with van der Waals surface area (Å²) in [5.41, 5.74) is 3.51. The van der Waals surface area contributed by atoms with Crippen molar-refractivity contribution >= 4 is 23.3 Å². The highest BCUT2D eigenvalue weighted by molar-refractivity contribution is 6.00. The Balaban J connectivity index is 3.18. The van der Waals surface area contributed by atoms with Gasteiger partial charge in [-0.05, 0) is 26.0 Å². The Morgan fingerprint density at radius 1 is 1.42 bits per heavy atom. The molecule has 0 spiro atoms. The van der Waals surface area contributed by atoms with E-state index in [4.69, 9.17) is 10.8 Å². The third kappa shape index (κ3) is 3.49. The summed E-state index contributed by atoms with van der Waals surface area (Å²) in [6.07, 6.45) is 0. The fourth-order valence-electron chi connectivity index (χ4n) is 1.20. The number of carbonyl (C=O) groups excluding carboxylic acids is 1. The van der Waals surface area contributed by atoms with E-state index in [1.807, 2.05) is 0 Å². The molecule has 8 nitrogen and oxygen atoms in total. The van der Waals surface area contributed by atoms with Crippen molar-refractivity contribution in [2.45, 2.75) is 19.4 Å². The van der Waals surface area contributed by atoms with Crippen molar-refractivity contribution in [1.82, 2.24) is 0 Å². The second kappa shape index (κ2) is 5.02. The molecule has 0 unspecified atom stereocenters. The number of carbonyl (C=O) groups is 2. The number of hydrogen-bond donors (Lipinski definition) is 3. The number of amides is 1. The maximum Gasteiger partial charge on any atom is 0.335 e. The summed E-state index contributed by atoms with van der Waals surface area (Å²) in [5, 5.41) is 21.9. The third-order valence-electron chi connectivity index (χ3n) is 2.27. The predicted molar refractivity (Wildman–Crippen MR) is 67.0 cm³/mol. The Hall–Kier alpha value is -2.48. The zero-order valence-electron chi connectivity index (χ0n) is 10.3. The number of carboxylic acids is 1. The molecule has 0 aromatic heterocycles. The molecule has 1 rings (SSSR count). The van der Waals surface area contributed by atoms with Crippen LogP contribution in [0.3, 0.4) is 0 Å². The summed E-state index contributed by atoms with van der Waals surface area (Å²) in [7, 11) is 0. The highest BCUT2D eigenvalue weighted by atomic mass is 16.6. The van der Waals surface area contributed by atoms with Crippen LogP contribution in [0.15, 0.2) is 18.2 Å². The second-order valence-corrected chi connectivity index (χ2v) is 4.47. The number of nitrogens with zero attached hydrogens (tertiary/aromatic N) is 1. The number of nitro groups is 1. The summed E-state index contributed by atoms with van der Waals surface area (Å²) in [5.74, 6) is -1.90. The van der Waals surface area contributed by atoms with E-state index in [1.165, 1.54) is 13.8 Å². The molecule has 0 saturated carbocycles.